The summed E-state index contributed by atoms with van der Waals surface area (Å²) >= 11 is 0. The summed E-state index contributed by atoms with van der Waals surface area (Å²) in [7, 11) is 1.31. The number of amides is 1. The average Bonchev–Trinajstić information content (AvgIpc) is 2.08. The van der Waals surface area contributed by atoms with Gasteiger partial charge in [-0.2, -0.15) is 0 Å². The molecule has 0 aromatic rings. The molecule has 0 radical (unpaired) electrons. The van der Waals surface area contributed by atoms with Gasteiger partial charge in [-0.15, -0.1) is 0 Å². The van der Waals surface area contributed by atoms with E-state index in [2.05, 4.69) is 0 Å². The van der Waals surface area contributed by atoms with Crippen LogP contribution in [0.25, 0.3) is 0 Å². The molecule has 0 heterocycles. The molecule has 0 aliphatic carbocycles. The summed E-state index contributed by atoms with van der Waals surface area (Å²) in [6.07, 6.45) is -0.897. The summed E-state index contributed by atoms with van der Waals surface area (Å²) in [6, 6.07) is -1.24. The normalized spacial score (nSPS) is 13.2. The maximum atomic E-state index is 11.7. The Morgan fingerprint density at radius 1 is 1.26 bits per heavy atom. The van der Waals surface area contributed by atoms with E-state index < -0.39 is 29.3 Å². The number of likely N-dealkylation sites (N-methyl/N-ethyl adjacent to an activating group) is 1. The number of carbonyl (C=O) groups is 2. The third-order valence-corrected chi connectivity index (χ3v) is 2.11. The van der Waals surface area contributed by atoms with Gasteiger partial charge in [0.15, 0.2) is 0 Å². The Morgan fingerprint density at radius 3 is 1.95 bits per heavy atom. The number of hydrogen-bond donors (Lipinski definition) is 1. The fourth-order valence-electron chi connectivity index (χ4n) is 1.31. The summed E-state index contributed by atoms with van der Waals surface area (Å²) in [5, 5.41) is 20.6. The molecule has 19 heavy (non-hydrogen) atoms. The van der Waals surface area contributed by atoms with Gasteiger partial charge in [0.25, 0.3) is 0 Å². The van der Waals surface area contributed by atoms with Crippen LogP contribution in [0.15, 0.2) is 0 Å². The van der Waals surface area contributed by atoms with E-state index in [9.17, 15) is 19.8 Å². The molecular weight excluding hydrogens is 245 g/mol. The SMILES string of the molecule is CN(C(=O)OC(C)(C)C)C(CC(C)(C)O)C(=O)[O-].[Li+]. The van der Waals surface area contributed by atoms with Crippen LogP contribution in [0.4, 0.5) is 4.79 Å². The fraction of sp³-hybridized carbons (Fsp3) is 0.833. The van der Waals surface area contributed by atoms with Gasteiger partial charge in [-0.3, -0.25) is 0 Å². The van der Waals surface area contributed by atoms with Gasteiger partial charge in [0.05, 0.1) is 17.6 Å². The van der Waals surface area contributed by atoms with Crippen LogP contribution in [0.3, 0.4) is 0 Å². The molecule has 0 rings (SSSR count). The first-order valence-electron chi connectivity index (χ1n) is 5.72. The van der Waals surface area contributed by atoms with Gasteiger partial charge in [0.2, 0.25) is 0 Å². The average molecular weight is 267 g/mol. The molecule has 6 nitrogen and oxygen atoms in total. The van der Waals surface area contributed by atoms with Gasteiger partial charge in [0, 0.05) is 13.5 Å². The molecule has 0 fully saturated rings. The van der Waals surface area contributed by atoms with E-state index >= 15 is 0 Å². The van der Waals surface area contributed by atoms with Crippen LogP contribution in [0.2, 0.25) is 0 Å². The molecular formula is C12H22LiNO5. The minimum absolute atomic E-state index is 0. The molecule has 106 valence electrons. The summed E-state index contributed by atoms with van der Waals surface area (Å²) in [5.41, 5.74) is -1.93. The molecule has 0 saturated carbocycles. The molecule has 0 aliphatic heterocycles. The number of carboxylic acids is 1. The van der Waals surface area contributed by atoms with Crippen molar-refractivity contribution in [2.75, 3.05) is 7.05 Å². The second kappa shape index (κ2) is 7.18. The van der Waals surface area contributed by atoms with Crippen molar-refractivity contribution in [3.05, 3.63) is 0 Å². The van der Waals surface area contributed by atoms with E-state index in [1.54, 1.807) is 20.8 Å². The Morgan fingerprint density at radius 2 is 1.68 bits per heavy atom. The van der Waals surface area contributed by atoms with Gasteiger partial charge >= 0.3 is 25.0 Å². The van der Waals surface area contributed by atoms with Gasteiger partial charge < -0.3 is 24.6 Å². The number of carboxylic acid groups (broad SMARTS) is 1. The molecule has 0 aliphatic rings. The predicted molar refractivity (Wildman–Crippen MR) is 63.7 cm³/mol. The minimum Gasteiger partial charge on any atom is -0.548 e. The summed E-state index contributed by atoms with van der Waals surface area (Å²) in [4.78, 5) is 23.7. The van der Waals surface area contributed by atoms with Crippen LogP contribution >= 0.6 is 0 Å². The summed E-state index contributed by atoms with van der Waals surface area (Å²) < 4.78 is 5.06. The van der Waals surface area contributed by atoms with Crippen molar-refractivity contribution in [3.8, 4) is 0 Å². The topological polar surface area (TPSA) is 89.9 Å². The largest absolute Gasteiger partial charge is 1.00 e. The van der Waals surface area contributed by atoms with Gasteiger partial charge in [-0.25, -0.2) is 4.79 Å². The van der Waals surface area contributed by atoms with E-state index in [-0.39, 0.29) is 25.3 Å². The van der Waals surface area contributed by atoms with Gasteiger partial charge in [0.1, 0.15) is 5.60 Å². The summed E-state index contributed by atoms with van der Waals surface area (Å²) in [5.74, 6) is -1.43. The number of aliphatic carboxylic acids is 1. The molecule has 0 spiro atoms. The zero-order valence-electron chi connectivity index (χ0n) is 12.8. The first-order valence-corrected chi connectivity index (χ1v) is 5.72. The minimum atomic E-state index is -1.43. The Bertz CT molecular complexity index is 319. The van der Waals surface area contributed by atoms with E-state index in [0.29, 0.717) is 0 Å². The monoisotopic (exact) mass is 267 g/mol. The van der Waals surface area contributed by atoms with Gasteiger partial charge in [-0.1, -0.05) is 0 Å². The van der Waals surface area contributed by atoms with E-state index in [1.165, 1.54) is 20.9 Å². The van der Waals surface area contributed by atoms with Crippen molar-refractivity contribution in [3.63, 3.8) is 0 Å². The van der Waals surface area contributed by atoms with Gasteiger partial charge in [-0.05, 0) is 34.6 Å². The number of ether oxygens (including phenoxy) is 1. The molecule has 0 bridgehead atoms. The Labute approximate surface area is 126 Å². The second-order valence-corrected chi connectivity index (χ2v) is 5.94. The van der Waals surface area contributed by atoms with Crippen LogP contribution in [0.5, 0.6) is 0 Å². The molecule has 0 aromatic carbocycles. The Kier molecular flexibility index (Phi) is 7.79. The zero-order valence-corrected chi connectivity index (χ0v) is 12.8. The van der Waals surface area contributed by atoms with E-state index in [0.717, 1.165) is 4.90 Å². The van der Waals surface area contributed by atoms with Crippen molar-refractivity contribution in [1.82, 2.24) is 4.90 Å². The van der Waals surface area contributed by atoms with Crippen molar-refractivity contribution >= 4 is 12.1 Å². The maximum absolute atomic E-state index is 11.7. The van der Waals surface area contributed by atoms with Crippen molar-refractivity contribution < 1.29 is 43.4 Å². The molecule has 1 amide bonds. The Balaban J connectivity index is 0. The molecule has 0 saturated heterocycles. The van der Waals surface area contributed by atoms with E-state index in [1.807, 2.05) is 0 Å². The zero-order chi connectivity index (χ0) is 14.7. The standard InChI is InChI=1S/C12H23NO5.Li/c1-11(2,3)18-10(16)13(6)8(9(14)15)7-12(4,5)17;/h8,17H,7H2,1-6H3,(H,14,15);/q;+1/p-1. The van der Waals surface area contributed by atoms with Crippen LogP contribution in [0.1, 0.15) is 41.0 Å². The van der Waals surface area contributed by atoms with Crippen molar-refractivity contribution in [2.24, 2.45) is 0 Å². The molecule has 7 heteroatoms. The maximum Gasteiger partial charge on any atom is 1.00 e. The van der Waals surface area contributed by atoms with Crippen LogP contribution in [-0.4, -0.2) is 46.4 Å². The van der Waals surface area contributed by atoms with Crippen LogP contribution in [-0.2, 0) is 9.53 Å². The van der Waals surface area contributed by atoms with E-state index in [4.69, 9.17) is 4.74 Å². The third kappa shape index (κ3) is 8.92. The molecule has 0 aromatic heterocycles. The Hall–Kier alpha value is -0.703. The smallest absolute Gasteiger partial charge is 0.548 e. The quantitative estimate of drug-likeness (QED) is 0.553. The predicted octanol–water partition coefficient (Wildman–Crippen LogP) is -2.86. The number of aliphatic hydroxyl groups is 1. The second-order valence-electron chi connectivity index (χ2n) is 5.94. The number of carbonyl (C=O) groups excluding carboxylic acids is 2. The first-order chi connectivity index (χ1) is 7.83. The molecule has 1 atom stereocenters. The number of nitrogens with zero attached hydrogens (tertiary/aromatic N) is 1. The van der Waals surface area contributed by atoms with Crippen molar-refractivity contribution in [1.29, 1.82) is 0 Å². The third-order valence-electron chi connectivity index (χ3n) is 2.11. The van der Waals surface area contributed by atoms with Crippen LogP contribution < -0.4 is 24.0 Å². The van der Waals surface area contributed by atoms with Crippen molar-refractivity contribution in [2.45, 2.75) is 58.3 Å². The molecule has 1 N–H and O–H groups in total. The van der Waals surface area contributed by atoms with Crippen LogP contribution in [0, 0.1) is 0 Å². The first kappa shape index (κ1) is 20.6. The summed E-state index contributed by atoms with van der Waals surface area (Å²) in [6.45, 7) is 7.98. The number of hydrogen-bond acceptors (Lipinski definition) is 5. The number of rotatable bonds is 4. The molecule has 1 unspecified atom stereocenters. The fourth-order valence-corrected chi connectivity index (χ4v) is 1.31.